The van der Waals surface area contributed by atoms with E-state index in [1.165, 1.54) is 12.1 Å². The first-order valence-electron chi connectivity index (χ1n) is 10.3. The highest BCUT2D eigenvalue weighted by Gasteiger charge is 2.15. The predicted octanol–water partition coefficient (Wildman–Crippen LogP) is 3.27. The van der Waals surface area contributed by atoms with E-state index in [-0.39, 0.29) is 12.2 Å². The number of quaternary nitrogens is 1. The van der Waals surface area contributed by atoms with Gasteiger partial charge < -0.3 is 9.22 Å². The van der Waals surface area contributed by atoms with Gasteiger partial charge in [0.25, 0.3) is 6.43 Å². The molecule has 4 aromatic rings. The molecule has 33 heavy (non-hydrogen) atoms. The van der Waals surface area contributed by atoms with Crippen molar-refractivity contribution in [1.82, 2.24) is 34.7 Å². The fourth-order valence-electron chi connectivity index (χ4n) is 3.24. The summed E-state index contributed by atoms with van der Waals surface area (Å²) in [5.41, 5.74) is 2.88. The third-order valence-electron chi connectivity index (χ3n) is 4.87. The smallest absolute Gasteiger partial charge is 0.263 e. The van der Waals surface area contributed by atoms with Gasteiger partial charge in [-0.15, -0.1) is 15.3 Å². The van der Waals surface area contributed by atoms with Gasteiger partial charge in [-0.25, -0.2) is 18.4 Å². The average molecular weight is 455 g/mol. The van der Waals surface area contributed by atoms with Gasteiger partial charge >= 0.3 is 0 Å². The van der Waals surface area contributed by atoms with Crippen molar-refractivity contribution in [1.29, 1.82) is 0 Å². The summed E-state index contributed by atoms with van der Waals surface area (Å²) in [6.07, 6.45) is 1.12. The summed E-state index contributed by atoms with van der Waals surface area (Å²) in [5, 5.41) is 16.6. The largest absolute Gasteiger partial charge is 0.470 e. The predicted molar refractivity (Wildman–Crippen MR) is 116 cm³/mol. The summed E-state index contributed by atoms with van der Waals surface area (Å²) >= 11 is 0. The first-order valence-corrected chi connectivity index (χ1v) is 10.3. The molecule has 0 aliphatic carbocycles. The molecule has 3 aromatic heterocycles. The van der Waals surface area contributed by atoms with Gasteiger partial charge in [-0.1, -0.05) is 17.3 Å². The number of aryl methyl sites for hydroxylation is 1. The SMILES string of the molecule is Cc1nnn(-c2ccc(C(F)F)cc2)c1COc1ccc(-n2cnc(C[N+](C)(C)C)c2)nn1. The van der Waals surface area contributed by atoms with Gasteiger partial charge in [0.05, 0.1) is 32.5 Å². The van der Waals surface area contributed by atoms with E-state index in [1.54, 1.807) is 42.2 Å². The normalized spacial score (nSPS) is 11.8. The van der Waals surface area contributed by atoms with Crippen LogP contribution in [0.1, 0.15) is 29.1 Å². The molecule has 0 bridgehead atoms. The number of halogens is 2. The van der Waals surface area contributed by atoms with Crippen LogP contribution in [0.4, 0.5) is 8.78 Å². The lowest BCUT2D eigenvalue weighted by Crippen LogP contribution is -2.33. The lowest BCUT2D eigenvalue weighted by Gasteiger charge is -2.22. The summed E-state index contributed by atoms with van der Waals surface area (Å²) in [4.78, 5) is 4.42. The standard InChI is InChI=1S/C22H25F2N8O/c1-15-19(31(29-26-15)18-7-5-16(6-8-18)22(23)24)13-33-21-10-9-20(27-28-21)30-11-17(25-14-30)12-32(2,3)4/h5-11,14,22H,12-13H2,1-4H3/q+1. The maximum Gasteiger partial charge on any atom is 0.263 e. The summed E-state index contributed by atoms with van der Waals surface area (Å²) in [7, 11) is 6.31. The van der Waals surface area contributed by atoms with E-state index in [9.17, 15) is 8.78 Å². The van der Waals surface area contributed by atoms with Crippen molar-refractivity contribution in [3.05, 3.63) is 71.6 Å². The quantitative estimate of drug-likeness (QED) is 0.379. The summed E-state index contributed by atoms with van der Waals surface area (Å²) in [6.45, 7) is 2.74. The molecule has 0 aliphatic rings. The van der Waals surface area contributed by atoms with E-state index in [0.717, 1.165) is 16.7 Å². The minimum Gasteiger partial charge on any atom is -0.470 e. The molecule has 172 valence electrons. The lowest BCUT2D eigenvalue weighted by atomic mass is 10.2. The monoisotopic (exact) mass is 455 g/mol. The van der Waals surface area contributed by atoms with Crippen LogP contribution in [0.2, 0.25) is 0 Å². The Morgan fingerprint density at radius 1 is 1.00 bits per heavy atom. The first-order chi connectivity index (χ1) is 15.7. The second-order valence-corrected chi connectivity index (χ2v) is 8.66. The number of nitrogens with zero attached hydrogens (tertiary/aromatic N) is 8. The van der Waals surface area contributed by atoms with E-state index >= 15 is 0 Å². The summed E-state index contributed by atoms with van der Waals surface area (Å²) in [6, 6.07) is 9.41. The van der Waals surface area contributed by atoms with E-state index in [4.69, 9.17) is 4.74 Å². The molecule has 3 heterocycles. The van der Waals surface area contributed by atoms with Gasteiger partial charge in [0, 0.05) is 17.8 Å². The second-order valence-electron chi connectivity index (χ2n) is 8.66. The summed E-state index contributed by atoms with van der Waals surface area (Å²) in [5.74, 6) is 0.968. The Labute approximate surface area is 189 Å². The number of hydrogen-bond acceptors (Lipinski definition) is 6. The van der Waals surface area contributed by atoms with Gasteiger partial charge in [-0.05, 0) is 25.1 Å². The van der Waals surface area contributed by atoms with Crippen molar-refractivity contribution in [3.8, 4) is 17.4 Å². The average Bonchev–Trinajstić information content (AvgIpc) is 3.38. The van der Waals surface area contributed by atoms with Crippen LogP contribution in [0.3, 0.4) is 0 Å². The van der Waals surface area contributed by atoms with E-state index in [1.807, 2.05) is 10.8 Å². The van der Waals surface area contributed by atoms with Crippen molar-refractivity contribution >= 4 is 0 Å². The van der Waals surface area contributed by atoms with E-state index < -0.39 is 6.43 Å². The van der Waals surface area contributed by atoms with Crippen LogP contribution in [-0.2, 0) is 13.2 Å². The molecular formula is C22H25F2N8O+. The van der Waals surface area contributed by atoms with Gasteiger partial charge in [0.15, 0.2) is 5.82 Å². The molecule has 0 unspecified atom stereocenters. The van der Waals surface area contributed by atoms with Crippen molar-refractivity contribution in [2.45, 2.75) is 26.5 Å². The van der Waals surface area contributed by atoms with Gasteiger partial charge in [-0.2, -0.15) is 0 Å². The summed E-state index contributed by atoms with van der Waals surface area (Å²) < 4.78 is 35.6. The molecule has 1 aromatic carbocycles. The fourth-order valence-corrected chi connectivity index (χ4v) is 3.24. The molecule has 0 radical (unpaired) electrons. The van der Waals surface area contributed by atoms with Crippen LogP contribution in [0.5, 0.6) is 5.88 Å². The number of ether oxygens (including phenoxy) is 1. The van der Waals surface area contributed by atoms with E-state index in [0.29, 0.717) is 28.8 Å². The van der Waals surface area contributed by atoms with Gasteiger partial charge in [0.1, 0.15) is 30.9 Å². The molecule has 9 nitrogen and oxygen atoms in total. The molecule has 0 saturated carbocycles. The molecule has 0 spiro atoms. The van der Waals surface area contributed by atoms with Crippen LogP contribution in [-0.4, -0.2) is 60.4 Å². The Hall–Kier alpha value is -3.73. The molecular weight excluding hydrogens is 430 g/mol. The van der Waals surface area contributed by atoms with Crippen molar-refractivity contribution in [2.75, 3.05) is 21.1 Å². The minimum absolute atomic E-state index is 0.0498. The Morgan fingerprint density at radius 2 is 1.76 bits per heavy atom. The van der Waals surface area contributed by atoms with Crippen LogP contribution in [0, 0.1) is 6.92 Å². The zero-order valence-corrected chi connectivity index (χ0v) is 18.9. The third-order valence-corrected chi connectivity index (χ3v) is 4.87. The molecule has 0 atom stereocenters. The molecule has 0 aliphatic heterocycles. The Balaban J connectivity index is 1.45. The Bertz CT molecular complexity index is 1210. The fraction of sp³-hybridized carbons (Fsp3) is 0.318. The highest BCUT2D eigenvalue weighted by Crippen LogP contribution is 2.21. The highest BCUT2D eigenvalue weighted by atomic mass is 19.3. The molecule has 0 fully saturated rings. The zero-order chi connectivity index (χ0) is 23.6. The maximum atomic E-state index is 12.8. The molecule has 0 amide bonds. The van der Waals surface area contributed by atoms with Gasteiger partial charge in [-0.3, -0.25) is 4.57 Å². The van der Waals surface area contributed by atoms with Crippen LogP contribution >= 0.6 is 0 Å². The van der Waals surface area contributed by atoms with Crippen molar-refractivity contribution in [2.24, 2.45) is 0 Å². The number of imidazole rings is 1. The Morgan fingerprint density at radius 3 is 2.39 bits per heavy atom. The number of alkyl halides is 2. The lowest BCUT2D eigenvalue weighted by molar-refractivity contribution is -0.884. The van der Waals surface area contributed by atoms with Crippen molar-refractivity contribution in [3.63, 3.8) is 0 Å². The second kappa shape index (κ2) is 9.02. The van der Waals surface area contributed by atoms with Crippen molar-refractivity contribution < 1.29 is 18.0 Å². The van der Waals surface area contributed by atoms with Crippen LogP contribution < -0.4 is 4.74 Å². The first kappa shape index (κ1) is 22.5. The van der Waals surface area contributed by atoms with Crippen LogP contribution in [0.25, 0.3) is 11.5 Å². The number of benzene rings is 1. The zero-order valence-electron chi connectivity index (χ0n) is 18.9. The Kier molecular flexibility index (Phi) is 6.14. The third kappa shape index (κ3) is 5.37. The number of aromatic nitrogens is 7. The van der Waals surface area contributed by atoms with E-state index in [2.05, 4.69) is 46.6 Å². The van der Waals surface area contributed by atoms with Gasteiger partial charge in [0.2, 0.25) is 5.88 Å². The topological polar surface area (TPSA) is 83.5 Å². The number of hydrogen-bond donors (Lipinski definition) is 0. The molecule has 11 heteroatoms. The molecule has 0 N–H and O–H groups in total. The maximum absolute atomic E-state index is 12.8. The molecule has 4 rings (SSSR count). The molecule has 0 saturated heterocycles. The van der Waals surface area contributed by atoms with Crippen LogP contribution in [0.15, 0.2) is 48.9 Å². The highest BCUT2D eigenvalue weighted by molar-refractivity contribution is 5.36. The minimum atomic E-state index is -2.52. The number of rotatable bonds is 8.